The lowest BCUT2D eigenvalue weighted by atomic mass is 10.2. The highest BCUT2D eigenvalue weighted by Crippen LogP contribution is 2.26. The zero-order chi connectivity index (χ0) is 17.1. The smallest absolute Gasteiger partial charge is 0.270 e. The van der Waals surface area contributed by atoms with E-state index < -0.39 is 11.0 Å². The molecule has 0 aliphatic carbocycles. The first-order valence-corrected chi connectivity index (χ1v) is 7.41. The molecule has 0 unspecified atom stereocenters. The Morgan fingerprint density at radius 2 is 2.04 bits per heavy atom. The first kappa shape index (κ1) is 15.9. The van der Waals surface area contributed by atoms with Crippen molar-refractivity contribution >= 4 is 17.3 Å². The van der Waals surface area contributed by atoms with Gasteiger partial charge in [0, 0.05) is 22.7 Å². The van der Waals surface area contributed by atoms with E-state index in [1.54, 1.807) is 43.3 Å². The molecule has 0 bridgehead atoms. The Balaban J connectivity index is 1.80. The summed E-state index contributed by atoms with van der Waals surface area (Å²) in [4.78, 5) is 14.6. The molecule has 0 N–H and O–H groups in total. The van der Waals surface area contributed by atoms with Crippen molar-refractivity contribution in [1.82, 2.24) is 10.1 Å². The summed E-state index contributed by atoms with van der Waals surface area (Å²) in [6, 6.07) is 13.0. The normalized spacial score (nSPS) is 11.9. The summed E-state index contributed by atoms with van der Waals surface area (Å²) in [5.41, 5.74) is 0.455. The number of non-ortho nitro benzene ring substituents is 1. The van der Waals surface area contributed by atoms with E-state index >= 15 is 0 Å². The van der Waals surface area contributed by atoms with Crippen LogP contribution in [-0.4, -0.2) is 15.1 Å². The van der Waals surface area contributed by atoms with Crippen molar-refractivity contribution in [2.45, 2.75) is 13.0 Å². The quantitative estimate of drug-likeness (QED) is 0.501. The highest BCUT2D eigenvalue weighted by molar-refractivity contribution is 6.30. The lowest BCUT2D eigenvalue weighted by Crippen LogP contribution is -2.03. The van der Waals surface area contributed by atoms with Gasteiger partial charge in [0.25, 0.3) is 11.6 Å². The highest BCUT2D eigenvalue weighted by Gasteiger charge is 2.18. The van der Waals surface area contributed by atoms with Crippen LogP contribution >= 0.6 is 11.6 Å². The Morgan fingerprint density at radius 3 is 2.79 bits per heavy atom. The predicted octanol–water partition coefficient (Wildman–Crippen LogP) is 4.44. The second-order valence-corrected chi connectivity index (χ2v) is 5.42. The molecule has 1 heterocycles. The largest absolute Gasteiger partial charge is 0.481 e. The number of benzene rings is 2. The van der Waals surface area contributed by atoms with Crippen LogP contribution in [0.3, 0.4) is 0 Å². The molecular formula is C16H12ClN3O4. The first-order valence-electron chi connectivity index (χ1n) is 7.03. The molecule has 0 amide bonds. The fourth-order valence-corrected chi connectivity index (χ4v) is 2.25. The van der Waals surface area contributed by atoms with Crippen molar-refractivity contribution in [1.29, 1.82) is 0 Å². The van der Waals surface area contributed by atoms with E-state index in [1.165, 1.54) is 12.1 Å². The van der Waals surface area contributed by atoms with Crippen molar-refractivity contribution < 1.29 is 14.2 Å². The third-order valence-corrected chi connectivity index (χ3v) is 3.45. The summed E-state index contributed by atoms with van der Waals surface area (Å²) >= 11 is 5.91. The zero-order valence-electron chi connectivity index (χ0n) is 12.5. The molecule has 0 aliphatic heterocycles. The highest BCUT2D eigenvalue weighted by atomic mass is 35.5. The summed E-state index contributed by atoms with van der Waals surface area (Å²) < 4.78 is 10.9. The van der Waals surface area contributed by atoms with Gasteiger partial charge in [-0.1, -0.05) is 35.0 Å². The van der Waals surface area contributed by atoms with Gasteiger partial charge in [0.15, 0.2) is 6.10 Å². The van der Waals surface area contributed by atoms with Crippen molar-refractivity contribution in [2.75, 3.05) is 0 Å². The molecule has 0 radical (unpaired) electrons. The van der Waals surface area contributed by atoms with E-state index in [4.69, 9.17) is 20.9 Å². The second kappa shape index (κ2) is 6.67. The number of nitro benzene ring substituents is 1. The van der Waals surface area contributed by atoms with Gasteiger partial charge in [-0.2, -0.15) is 4.98 Å². The standard InChI is InChI=1S/C16H12ClN3O4/c1-10(23-14-7-3-5-12(17)9-14)16-18-15(19-24-16)11-4-2-6-13(8-11)20(21)22/h2-10H,1H3/t10-/m1/s1. The monoisotopic (exact) mass is 345 g/mol. The minimum atomic E-state index is -0.497. The van der Waals surface area contributed by atoms with Gasteiger partial charge in [0.05, 0.1) is 4.92 Å². The molecule has 8 heteroatoms. The maximum absolute atomic E-state index is 10.8. The molecule has 122 valence electrons. The maximum atomic E-state index is 10.8. The third kappa shape index (κ3) is 3.52. The molecule has 0 fully saturated rings. The molecule has 0 spiro atoms. The summed E-state index contributed by atoms with van der Waals surface area (Å²) in [5.74, 6) is 1.09. The average molecular weight is 346 g/mol. The fourth-order valence-electron chi connectivity index (χ4n) is 2.07. The number of nitrogens with zero attached hydrogens (tertiary/aromatic N) is 3. The summed E-state index contributed by atoms with van der Waals surface area (Å²) in [5, 5.41) is 15.2. The van der Waals surface area contributed by atoms with Gasteiger partial charge in [-0.15, -0.1) is 0 Å². The number of halogens is 1. The van der Waals surface area contributed by atoms with E-state index in [0.29, 0.717) is 16.3 Å². The third-order valence-electron chi connectivity index (χ3n) is 3.21. The van der Waals surface area contributed by atoms with Crippen LogP contribution in [0.1, 0.15) is 18.9 Å². The second-order valence-electron chi connectivity index (χ2n) is 4.98. The minimum Gasteiger partial charge on any atom is -0.481 e. The van der Waals surface area contributed by atoms with Crippen LogP contribution in [-0.2, 0) is 0 Å². The summed E-state index contributed by atoms with van der Waals surface area (Å²) in [7, 11) is 0. The van der Waals surface area contributed by atoms with Crippen LogP contribution in [0.4, 0.5) is 5.69 Å². The number of nitro groups is 1. The molecular weight excluding hydrogens is 334 g/mol. The molecule has 2 aromatic carbocycles. The van der Waals surface area contributed by atoms with Gasteiger partial charge >= 0.3 is 0 Å². The molecule has 7 nitrogen and oxygen atoms in total. The Kier molecular flexibility index (Phi) is 4.43. The average Bonchev–Trinajstić information content (AvgIpc) is 3.05. The van der Waals surface area contributed by atoms with Gasteiger partial charge in [-0.25, -0.2) is 0 Å². The van der Waals surface area contributed by atoms with Crippen LogP contribution in [0.25, 0.3) is 11.4 Å². The van der Waals surface area contributed by atoms with Gasteiger partial charge in [0.1, 0.15) is 5.75 Å². The Hall–Kier alpha value is -2.93. The minimum absolute atomic E-state index is 0.0397. The van der Waals surface area contributed by atoms with Crippen LogP contribution in [0, 0.1) is 10.1 Å². The van der Waals surface area contributed by atoms with Crippen molar-refractivity contribution in [2.24, 2.45) is 0 Å². The van der Waals surface area contributed by atoms with Gasteiger partial charge in [0.2, 0.25) is 5.82 Å². The van der Waals surface area contributed by atoms with E-state index in [-0.39, 0.29) is 17.4 Å². The maximum Gasteiger partial charge on any atom is 0.270 e. The van der Waals surface area contributed by atoms with Gasteiger partial charge in [-0.3, -0.25) is 10.1 Å². The first-order chi connectivity index (χ1) is 11.5. The number of hydrogen-bond acceptors (Lipinski definition) is 6. The van der Waals surface area contributed by atoms with Crippen LogP contribution in [0.2, 0.25) is 5.02 Å². The molecule has 3 rings (SSSR count). The van der Waals surface area contributed by atoms with E-state index in [0.717, 1.165) is 0 Å². The Morgan fingerprint density at radius 1 is 1.25 bits per heavy atom. The molecule has 0 saturated heterocycles. The molecule has 1 atom stereocenters. The van der Waals surface area contributed by atoms with Crippen LogP contribution in [0.5, 0.6) is 5.75 Å². The molecule has 3 aromatic rings. The van der Waals surface area contributed by atoms with E-state index in [2.05, 4.69) is 10.1 Å². The van der Waals surface area contributed by atoms with E-state index in [9.17, 15) is 10.1 Å². The lowest BCUT2D eigenvalue weighted by Gasteiger charge is -2.10. The Bertz CT molecular complexity index is 881. The number of rotatable bonds is 5. The summed E-state index contributed by atoms with van der Waals surface area (Å²) in [6.45, 7) is 1.76. The zero-order valence-corrected chi connectivity index (χ0v) is 13.3. The number of hydrogen-bond donors (Lipinski definition) is 0. The van der Waals surface area contributed by atoms with Gasteiger partial charge in [-0.05, 0) is 25.1 Å². The topological polar surface area (TPSA) is 91.3 Å². The van der Waals surface area contributed by atoms with E-state index in [1.807, 2.05) is 0 Å². The molecule has 1 aromatic heterocycles. The van der Waals surface area contributed by atoms with Crippen LogP contribution < -0.4 is 4.74 Å². The van der Waals surface area contributed by atoms with Crippen molar-refractivity contribution in [3.63, 3.8) is 0 Å². The molecule has 24 heavy (non-hydrogen) atoms. The molecule has 0 saturated carbocycles. The predicted molar refractivity (Wildman–Crippen MR) is 86.9 cm³/mol. The number of aromatic nitrogens is 2. The van der Waals surface area contributed by atoms with Gasteiger partial charge < -0.3 is 9.26 Å². The van der Waals surface area contributed by atoms with Crippen molar-refractivity contribution in [3.8, 4) is 17.1 Å². The summed E-state index contributed by atoms with van der Waals surface area (Å²) in [6.07, 6.45) is -0.497. The van der Waals surface area contributed by atoms with Crippen molar-refractivity contribution in [3.05, 3.63) is 69.6 Å². The van der Waals surface area contributed by atoms with Crippen LogP contribution in [0.15, 0.2) is 53.1 Å². The fraction of sp³-hybridized carbons (Fsp3) is 0.125. The number of ether oxygens (including phenoxy) is 1. The Labute approximate surface area is 142 Å². The SMILES string of the molecule is C[C@@H](Oc1cccc(Cl)c1)c1nc(-c2cccc([N+](=O)[O-])c2)no1. The lowest BCUT2D eigenvalue weighted by molar-refractivity contribution is -0.384. The molecule has 0 aliphatic rings.